The van der Waals surface area contributed by atoms with Gasteiger partial charge in [0.05, 0.1) is 17.4 Å². The largest absolute Gasteiger partial charge is 0.395 e. The van der Waals surface area contributed by atoms with Gasteiger partial charge in [0.15, 0.2) is 0 Å². The molecule has 7 heteroatoms. The summed E-state index contributed by atoms with van der Waals surface area (Å²) in [6, 6.07) is -0.176. The van der Waals surface area contributed by atoms with Crippen molar-refractivity contribution in [2.24, 2.45) is 0 Å². The Labute approximate surface area is 105 Å². The molecular weight excluding hydrogens is 234 g/mol. The number of amides is 2. The third kappa shape index (κ3) is 2.15. The molecule has 2 heterocycles. The molecule has 0 saturated carbocycles. The second kappa shape index (κ2) is 4.67. The fourth-order valence-electron chi connectivity index (χ4n) is 2.02. The molecule has 1 saturated heterocycles. The number of anilines is 1. The van der Waals surface area contributed by atoms with E-state index < -0.39 is 0 Å². The van der Waals surface area contributed by atoms with Crippen LogP contribution in [0.2, 0.25) is 0 Å². The van der Waals surface area contributed by atoms with E-state index in [-0.39, 0.29) is 17.9 Å². The highest BCUT2D eigenvalue weighted by atomic mass is 16.2. The van der Waals surface area contributed by atoms with Crippen LogP contribution in [0.5, 0.6) is 0 Å². The molecule has 2 rings (SSSR count). The zero-order chi connectivity index (χ0) is 13.3. The molecule has 0 bridgehead atoms. The van der Waals surface area contributed by atoms with Crippen LogP contribution in [0.3, 0.4) is 0 Å². The number of aromatic nitrogens is 2. The molecule has 1 atom stereocenters. The van der Waals surface area contributed by atoms with Crippen LogP contribution in [-0.4, -0.2) is 34.2 Å². The molecule has 1 aromatic heterocycles. The van der Waals surface area contributed by atoms with Crippen molar-refractivity contribution >= 4 is 17.5 Å². The number of rotatable bonds is 3. The van der Waals surface area contributed by atoms with Crippen molar-refractivity contribution in [1.82, 2.24) is 20.4 Å². The molecule has 0 spiro atoms. The quantitative estimate of drug-likeness (QED) is 0.668. The van der Waals surface area contributed by atoms with E-state index in [2.05, 4.69) is 15.7 Å². The summed E-state index contributed by atoms with van der Waals surface area (Å²) in [6.45, 7) is 4.69. The Morgan fingerprint density at radius 3 is 2.94 bits per heavy atom. The minimum atomic E-state index is -0.281. The van der Waals surface area contributed by atoms with Gasteiger partial charge < -0.3 is 16.4 Å². The van der Waals surface area contributed by atoms with Crippen LogP contribution in [0.25, 0.3) is 0 Å². The summed E-state index contributed by atoms with van der Waals surface area (Å²) in [5.41, 5.74) is 7.26. The van der Waals surface area contributed by atoms with Gasteiger partial charge in [-0.05, 0) is 13.8 Å². The van der Waals surface area contributed by atoms with Crippen LogP contribution >= 0.6 is 0 Å². The molecule has 1 aliphatic rings. The first-order chi connectivity index (χ1) is 8.52. The zero-order valence-electron chi connectivity index (χ0n) is 10.5. The van der Waals surface area contributed by atoms with Crippen molar-refractivity contribution in [3.63, 3.8) is 0 Å². The fourth-order valence-corrected chi connectivity index (χ4v) is 2.02. The number of carbonyl (C=O) groups excluding carboxylic acids is 2. The van der Waals surface area contributed by atoms with Crippen molar-refractivity contribution in [3.8, 4) is 0 Å². The van der Waals surface area contributed by atoms with E-state index in [9.17, 15) is 9.59 Å². The molecule has 1 aliphatic heterocycles. The summed E-state index contributed by atoms with van der Waals surface area (Å²) in [6.07, 6.45) is 0.310. The van der Waals surface area contributed by atoms with Crippen LogP contribution < -0.4 is 16.4 Å². The van der Waals surface area contributed by atoms with Gasteiger partial charge in [0, 0.05) is 19.5 Å². The molecule has 2 amide bonds. The Hall–Kier alpha value is -2.05. The van der Waals surface area contributed by atoms with Gasteiger partial charge in [0.1, 0.15) is 5.69 Å². The maximum absolute atomic E-state index is 12.1. The number of hydrogen-bond donors (Lipinski definition) is 3. The fraction of sp³-hybridized carbons (Fsp3) is 0.545. The zero-order valence-corrected chi connectivity index (χ0v) is 10.5. The lowest BCUT2D eigenvalue weighted by molar-refractivity contribution is -0.119. The molecule has 18 heavy (non-hydrogen) atoms. The molecule has 1 fully saturated rings. The Bertz CT molecular complexity index is 494. The normalized spacial score (nSPS) is 18.8. The maximum Gasteiger partial charge on any atom is 0.272 e. The smallest absolute Gasteiger partial charge is 0.272 e. The van der Waals surface area contributed by atoms with Crippen molar-refractivity contribution in [2.75, 3.05) is 12.3 Å². The summed E-state index contributed by atoms with van der Waals surface area (Å²) in [7, 11) is 0. The monoisotopic (exact) mass is 251 g/mol. The van der Waals surface area contributed by atoms with Gasteiger partial charge in [-0.2, -0.15) is 5.10 Å². The van der Waals surface area contributed by atoms with Crippen molar-refractivity contribution in [1.29, 1.82) is 0 Å². The molecule has 7 nitrogen and oxygen atoms in total. The standard InChI is InChI=1S/C11H17N5O2/c1-3-16-10(9(12)6(2)15-16)11(18)14-7-4-8(17)13-5-7/h7H,3-5,12H2,1-2H3,(H,13,17)(H,14,18). The van der Waals surface area contributed by atoms with Gasteiger partial charge in [-0.1, -0.05) is 0 Å². The number of hydrogen-bond acceptors (Lipinski definition) is 4. The first kappa shape index (κ1) is 12.4. The third-order valence-electron chi connectivity index (χ3n) is 3.00. The molecule has 4 N–H and O–H groups in total. The number of carbonyl (C=O) groups is 2. The van der Waals surface area contributed by atoms with E-state index in [0.29, 0.717) is 36.6 Å². The lowest BCUT2D eigenvalue weighted by Gasteiger charge is -2.11. The van der Waals surface area contributed by atoms with Gasteiger partial charge in [0.25, 0.3) is 5.91 Å². The molecular formula is C11H17N5O2. The second-order valence-electron chi connectivity index (χ2n) is 4.34. The van der Waals surface area contributed by atoms with E-state index in [0.717, 1.165) is 0 Å². The van der Waals surface area contributed by atoms with Crippen molar-refractivity contribution in [3.05, 3.63) is 11.4 Å². The average Bonchev–Trinajstić information content (AvgIpc) is 2.84. The van der Waals surface area contributed by atoms with E-state index in [1.54, 1.807) is 11.6 Å². The highest BCUT2D eigenvalue weighted by Crippen LogP contribution is 2.16. The topological polar surface area (TPSA) is 102 Å². The predicted molar refractivity (Wildman–Crippen MR) is 65.9 cm³/mol. The average molecular weight is 251 g/mol. The number of nitrogens with one attached hydrogen (secondary N) is 2. The Kier molecular flexibility index (Phi) is 3.22. The minimum Gasteiger partial charge on any atom is -0.395 e. The summed E-state index contributed by atoms with van der Waals surface area (Å²) < 4.78 is 1.57. The molecule has 0 aliphatic carbocycles. The predicted octanol–water partition coefficient (Wildman–Crippen LogP) is -0.588. The second-order valence-corrected chi connectivity index (χ2v) is 4.34. The SMILES string of the molecule is CCn1nc(C)c(N)c1C(=O)NC1CNC(=O)C1. The third-order valence-corrected chi connectivity index (χ3v) is 3.00. The molecule has 98 valence electrons. The molecule has 0 radical (unpaired) electrons. The lowest BCUT2D eigenvalue weighted by Crippen LogP contribution is -2.37. The van der Waals surface area contributed by atoms with Gasteiger partial charge in [-0.3, -0.25) is 14.3 Å². The first-order valence-electron chi connectivity index (χ1n) is 5.93. The van der Waals surface area contributed by atoms with Gasteiger partial charge >= 0.3 is 0 Å². The van der Waals surface area contributed by atoms with Gasteiger partial charge in [-0.25, -0.2) is 0 Å². The van der Waals surface area contributed by atoms with Gasteiger partial charge in [0.2, 0.25) is 5.91 Å². The highest BCUT2D eigenvalue weighted by molar-refractivity contribution is 5.98. The Balaban J connectivity index is 2.16. The summed E-state index contributed by atoms with van der Waals surface area (Å²) in [5.74, 6) is -0.329. The van der Waals surface area contributed by atoms with E-state index in [1.165, 1.54) is 0 Å². The number of aryl methyl sites for hydroxylation is 2. The van der Waals surface area contributed by atoms with E-state index in [1.807, 2.05) is 6.92 Å². The Morgan fingerprint density at radius 1 is 1.67 bits per heavy atom. The summed E-state index contributed by atoms with van der Waals surface area (Å²) in [5, 5.41) is 9.65. The summed E-state index contributed by atoms with van der Waals surface area (Å²) >= 11 is 0. The number of nitrogens with two attached hydrogens (primary N) is 1. The van der Waals surface area contributed by atoms with E-state index in [4.69, 9.17) is 5.73 Å². The Morgan fingerprint density at radius 2 is 2.39 bits per heavy atom. The van der Waals surface area contributed by atoms with Gasteiger partial charge in [-0.15, -0.1) is 0 Å². The van der Waals surface area contributed by atoms with Crippen molar-refractivity contribution in [2.45, 2.75) is 32.9 Å². The van der Waals surface area contributed by atoms with Crippen molar-refractivity contribution < 1.29 is 9.59 Å². The molecule has 0 aromatic carbocycles. The molecule has 1 aromatic rings. The highest BCUT2D eigenvalue weighted by Gasteiger charge is 2.26. The van der Waals surface area contributed by atoms with Crippen LogP contribution in [0, 0.1) is 6.92 Å². The molecule has 1 unspecified atom stereocenters. The summed E-state index contributed by atoms with van der Waals surface area (Å²) in [4.78, 5) is 23.2. The number of nitrogens with zero attached hydrogens (tertiary/aromatic N) is 2. The lowest BCUT2D eigenvalue weighted by atomic mass is 10.2. The van der Waals surface area contributed by atoms with Crippen LogP contribution in [0.1, 0.15) is 29.5 Å². The van der Waals surface area contributed by atoms with Crippen LogP contribution in [0.15, 0.2) is 0 Å². The van der Waals surface area contributed by atoms with Crippen LogP contribution in [-0.2, 0) is 11.3 Å². The maximum atomic E-state index is 12.1. The first-order valence-corrected chi connectivity index (χ1v) is 5.93. The van der Waals surface area contributed by atoms with Crippen LogP contribution in [0.4, 0.5) is 5.69 Å². The van der Waals surface area contributed by atoms with E-state index >= 15 is 0 Å². The minimum absolute atomic E-state index is 0.0477. The number of nitrogen functional groups attached to an aromatic ring is 1.